The molecule has 0 saturated heterocycles. The molecule has 0 bridgehead atoms. The van der Waals surface area contributed by atoms with Crippen LogP contribution >= 0.6 is 0 Å². The Balaban J connectivity index is 1.91. The summed E-state index contributed by atoms with van der Waals surface area (Å²) in [5.41, 5.74) is 3.27. The van der Waals surface area contributed by atoms with Crippen molar-refractivity contribution in [3.8, 4) is 0 Å². The van der Waals surface area contributed by atoms with E-state index < -0.39 is 0 Å². The monoisotopic (exact) mass is 311 g/mol. The molecule has 0 saturated carbocycles. The van der Waals surface area contributed by atoms with Gasteiger partial charge in [-0.25, -0.2) is 9.50 Å². The molecule has 3 rings (SSSR count). The van der Waals surface area contributed by atoms with Gasteiger partial charge in [0.05, 0.1) is 6.61 Å². The normalized spacial score (nSPS) is 10.9. The lowest BCUT2D eigenvalue weighted by Crippen LogP contribution is -2.15. The van der Waals surface area contributed by atoms with E-state index in [2.05, 4.69) is 20.4 Å². The van der Waals surface area contributed by atoms with Crippen molar-refractivity contribution in [1.82, 2.24) is 19.6 Å². The fourth-order valence-corrected chi connectivity index (χ4v) is 2.36. The fraction of sp³-hybridized carbons (Fsp3) is 0.250. The van der Waals surface area contributed by atoms with Gasteiger partial charge < -0.3 is 10.1 Å². The first-order valence-corrected chi connectivity index (χ1v) is 7.17. The average Bonchev–Trinajstić information content (AvgIpc) is 2.94. The molecule has 2 aromatic heterocycles. The van der Waals surface area contributed by atoms with E-state index in [1.54, 1.807) is 11.6 Å². The summed E-state index contributed by atoms with van der Waals surface area (Å²) in [4.78, 5) is 20.9. The van der Waals surface area contributed by atoms with Crippen LogP contribution in [-0.2, 0) is 11.3 Å². The molecule has 0 fully saturated rings. The number of carbonyl (C=O) groups is 1. The first-order valence-electron chi connectivity index (χ1n) is 7.17. The third-order valence-electron chi connectivity index (χ3n) is 3.39. The lowest BCUT2D eigenvalue weighted by atomic mass is 10.2. The zero-order valence-electron chi connectivity index (χ0n) is 13.2. The zero-order valence-corrected chi connectivity index (χ0v) is 13.2. The number of aromatic nitrogens is 4. The topological polar surface area (TPSA) is 81.4 Å². The second-order valence-corrected chi connectivity index (χ2v) is 5.23. The smallest absolute Gasteiger partial charge is 0.295 e. The van der Waals surface area contributed by atoms with Crippen molar-refractivity contribution >= 4 is 17.4 Å². The van der Waals surface area contributed by atoms with Crippen molar-refractivity contribution in [1.29, 1.82) is 0 Å². The van der Waals surface area contributed by atoms with E-state index in [-0.39, 0.29) is 11.7 Å². The van der Waals surface area contributed by atoms with Crippen molar-refractivity contribution in [2.45, 2.75) is 20.5 Å². The number of anilines is 1. The Bertz CT molecular complexity index is 872. The molecular formula is C16H17N5O2. The molecule has 0 aliphatic carbocycles. The number of fused-ring (bicyclic) bond motifs is 1. The number of amides is 1. The van der Waals surface area contributed by atoms with Crippen molar-refractivity contribution < 1.29 is 9.53 Å². The van der Waals surface area contributed by atoms with Gasteiger partial charge in [-0.2, -0.15) is 4.98 Å². The predicted molar refractivity (Wildman–Crippen MR) is 85.4 cm³/mol. The number of aryl methyl sites for hydroxylation is 2. The maximum Gasteiger partial charge on any atom is 0.295 e. The van der Waals surface area contributed by atoms with Crippen LogP contribution in [0.4, 0.5) is 5.69 Å². The van der Waals surface area contributed by atoms with Gasteiger partial charge in [-0.05, 0) is 26.0 Å². The molecule has 0 atom stereocenters. The molecule has 7 heteroatoms. The Morgan fingerprint density at radius 1 is 1.26 bits per heavy atom. The number of carbonyl (C=O) groups excluding carboxylic acids is 1. The molecule has 7 nitrogen and oxygen atoms in total. The molecule has 0 spiro atoms. The summed E-state index contributed by atoms with van der Waals surface area (Å²) in [6.07, 6.45) is 0. The molecule has 1 amide bonds. The summed E-state index contributed by atoms with van der Waals surface area (Å²) in [5, 5.41) is 7.05. The lowest BCUT2D eigenvalue weighted by Gasteiger charge is -2.08. The molecule has 0 radical (unpaired) electrons. The maximum absolute atomic E-state index is 12.4. The quantitative estimate of drug-likeness (QED) is 0.798. The zero-order chi connectivity index (χ0) is 16.4. The van der Waals surface area contributed by atoms with E-state index in [1.165, 1.54) is 0 Å². The predicted octanol–water partition coefficient (Wildman–Crippen LogP) is 2.14. The molecule has 118 valence electrons. The fourth-order valence-electron chi connectivity index (χ4n) is 2.36. The van der Waals surface area contributed by atoms with Gasteiger partial charge in [-0.1, -0.05) is 18.2 Å². The Morgan fingerprint density at radius 2 is 2.04 bits per heavy atom. The summed E-state index contributed by atoms with van der Waals surface area (Å²) in [6.45, 7) is 4.18. The van der Waals surface area contributed by atoms with Crippen LogP contribution in [-0.4, -0.2) is 32.6 Å². The van der Waals surface area contributed by atoms with Crippen molar-refractivity contribution in [3.05, 3.63) is 53.1 Å². The molecule has 0 aliphatic heterocycles. The van der Waals surface area contributed by atoms with Gasteiger partial charge >= 0.3 is 0 Å². The first kappa shape index (κ1) is 15.1. The number of ether oxygens (including phenoxy) is 1. The molecule has 2 heterocycles. The Morgan fingerprint density at radius 3 is 2.83 bits per heavy atom. The Labute approximate surface area is 133 Å². The van der Waals surface area contributed by atoms with Crippen molar-refractivity contribution in [3.63, 3.8) is 0 Å². The maximum atomic E-state index is 12.4. The molecule has 23 heavy (non-hydrogen) atoms. The summed E-state index contributed by atoms with van der Waals surface area (Å²) in [6, 6.07) is 9.34. The second kappa shape index (κ2) is 6.13. The number of methoxy groups -OCH3 is 1. The van der Waals surface area contributed by atoms with E-state index >= 15 is 0 Å². The van der Waals surface area contributed by atoms with Crippen molar-refractivity contribution in [2.24, 2.45) is 0 Å². The van der Waals surface area contributed by atoms with Gasteiger partial charge in [0.2, 0.25) is 5.82 Å². The summed E-state index contributed by atoms with van der Waals surface area (Å²) < 4.78 is 6.69. The van der Waals surface area contributed by atoms with E-state index in [0.717, 1.165) is 17.0 Å². The van der Waals surface area contributed by atoms with E-state index in [1.807, 2.05) is 44.2 Å². The average molecular weight is 311 g/mol. The molecule has 1 aromatic carbocycles. The minimum atomic E-state index is -0.379. The first-order chi connectivity index (χ1) is 11.1. The van der Waals surface area contributed by atoms with Crippen LogP contribution in [0.15, 0.2) is 30.3 Å². The highest BCUT2D eigenvalue weighted by atomic mass is 16.5. The number of benzene rings is 1. The van der Waals surface area contributed by atoms with Crippen molar-refractivity contribution in [2.75, 3.05) is 12.4 Å². The van der Waals surface area contributed by atoms with Gasteiger partial charge in [0.25, 0.3) is 11.7 Å². The third kappa shape index (κ3) is 3.04. The molecule has 3 aromatic rings. The van der Waals surface area contributed by atoms with Crippen LogP contribution in [0.25, 0.3) is 5.78 Å². The van der Waals surface area contributed by atoms with Crippen LogP contribution < -0.4 is 5.32 Å². The Kier molecular flexibility index (Phi) is 4.03. The highest BCUT2D eigenvalue weighted by Gasteiger charge is 2.16. The highest BCUT2D eigenvalue weighted by molar-refractivity contribution is 6.02. The van der Waals surface area contributed by atoms with E-state index in [9.17, 15) is 4.79 Å². The van der Waals surface area contributed by atoms with Gasteiger partial charge in [-0.15, -0.1) is 5.10 Å². The Hall–Kier alpha value is -2.80. The van der Waals surface area contributed by atoms with Crippen LogP contribution in [0.5, 0.6) is 0 Å². The number of nitrogens with one attached hydrogen (secondary N) is 1. The highest BCUT2D eigenvalue weighted by Crippen LogP contribution is 2.16. The van der Waals surface area contributed by atoms with Gasteiger partial charge in [0, 0.05) is 29.7 Å². The van der Waals surface area contributed by atoms with Crippen LogP contribution in [0, 0.1) is 13.8 Å². The molecule has 0 aliphatic rings. The summed E-state index contributed by atoms with van der Waals surface area (Å²) >= 11 is 0. The SMILES string of the molecule is COCc1ccccc1NC(=O)c1nc2nc(C)cc(C)n2n1. The minimum Gasteiger partial charge on any atom is -0.380 e. The van der Waals surface area contributed by atoms with E-state index in [4.69, 9.17) is 4.74 Å². The number of rotatable bonds is 4. The summed E-state index contributed by atoms with van der Waals surface area (Å²) in [7, 11) is 1.61. The number of para-hydroxylation sites is 1. The number of hydrogen-bond donors (Lipinski definition) is 1. The molecule has 1 N–H and O–H groups in total. The second-order valence-electron chi connectivity index (χ2n) is 5.23. The van der Waals surface area contributed by atoms with Crippen LogP contribution in [0.1, 0.15) is 27.6 Å². The third-order valence-corrected chi connectivity index (χ3v) is 3.39. The standard InChI is InChI=1S/C16H17N5O2/c1-10-8-11(2)21-16(17-10)19-14(20-21)15(22)18-13-7-5-4-6-12(13)9-23-3/h4-8H,9H2,1-3H3,(H,18,22). The van der Waals surface area contributed by atoms with Gasteiger partial charge in [0.1, 0.15) is 0 Å². The van der Waals surface area contributed by atoms with Gasteiger partial charge in [0.15, 0.2) is 0 Å². The van der Waals surface area contributed by atoms with Gasteiger partial charge in [-0.3, -0.25) is 4.79 Å². The minimum absolute atomic E-state index is 0.0819. The summed E-state index contributed by atoms with van der Waals surface area (Å²) in [5.74, 6) is 0.118. The van der Waals surface area contributed by atoms with Crippen LogP contribution in [0.3, 0.4) is 0 Å². The molecule has 0 unspecified atom stereocenters. The lowest BCUT2D eigenvalue weighted by molar-refractivity contribution is 0.101. The van der Waals surface area contributed by atoms with Crippen LogP contribution in [0.2, 0.25) is 0 Å². The number of hydrogen-bond acceptors (Lipinski definition) is 5. The number of nitrogens with zero attached hydrogens (tertiary/aromatic N) is 4. The molecular weight excluding hydrogens is 294 g/mol. The van der Waals surface area contributed by atoms with E-state index in [0.29, 0.717) is 18.1 Å². The largest absolute Gasteiger partial charge is 0.380 e.